The van der Waals surface area contributed by atoms with Crippen LogP contribution in [0, 0.1) is 53.3 Å². The highest BCUT2D eigenvalue weighted by atomic mass is 32.2. The second kappa shape index (κ2) is 13.2. The number of aliphatic hydroxyl groups is 1. The summed E-state index contributed by atoms with van der Waals surface area (Å²) in [7, 11) is -3.71. The van der Waals surface area contributed by atoms with Crippen LogP contribution in [0.4, 0.5) is 0 Å². The van der Waals surface area contributed by atoms with Gasteiger partial charge in [0.2, 0.25) is 11.6 Å². The molecule has 0 aromatic heterocycles. The maximum Gasteiger partial charge on any atom is 0.201 e. The fraction of sp³-hybridized carbons (Fsp3) is 0.854. The largest absolute Gasteiger partial charge is 0.392 e. The fourth-order valence-corrected chi connectivity index (χ4v) is 14.2. The van der Waals surface area contributed by atoms with Crippen molar-refractivity contribution in [3.05, 3.63) is 29.8 Å². The van der Waals surface area contributed by atoms with Crippen molar-refractivity contribution in [2.24, 2.45) is 53.3 Å². The van der Waals surface area contributed by atoms with Crippen molar-refractivity contribution in [1.82, 2.24) is 0 Å². The van der Waals surface area contributed by atoms with Crippen LogP contribution in [0.3, 0.4) is 0 Å². The van der Waals surface area contributed by atoms with Crippen molar-refractivity contribution in [2.75, 3.05) is 5.75 Å². The number of benzene rings is 1. The maximum absolute atomic E-state index is 14.3. The summed E-state index contributed by atoms with van der Waals surface area (Å²) in [5.41, 5.74) is -0.692. The van der Waals surface area contributed by atoms with Gasteiger partial charge in [-0.1, -0.05) is 39.8 Å². The summed E-state index contributed by atoms with van der Waals surface area (Å²) in [6.45, 7) is 12.8. The molecular formula is C41H60O11S. The van der Waals surface area contributed by atoms with Crippen LogP contribution in [0.25, 0.3) is 0 Å². The van der Waals surface area contributed by atoms with E-state index in [0.29, 0.717) is 30.2 Å². The van der Waals surface area contributed by atoms with Gasteiger partial charge in [0.25, 0.3) is 0 Å². The van der Waals surface area contributed by atoms with Gasteiger partial charge in [-0.25, -0.2) is 28.0 Å². The quantitative estimate of drug-likeness (QED) is 0.280. The first-order valence-corrected chi connectivity index (χ1v) is 22.2. The minimum absolute atomic E-state index is 0.0543. The first-order valence-electron chi connectivity index (χ1n) is 20.5. The third-order valence-electron chi connectivity index (χ3n) is 15.6. The SMILES string of the molecule is C[C@H]1[C@@H](CC(C[C@H]2O[C@@H]3OC4(C)CC[C@H]5[C@H](C)CC[C@@H]([C@H]2C)C35OO4)CS(=O)(=O)c2ccc(CO)cc2)O[C@@H]2OC3(C)CC[C@H]4[C@H](C)CC[C@@H]1C24OO3. The van der Waals surface area contributed by atoms with Crippen molar-refractivity contribution in [3.63, 3.8) is 0 Å². The number of hydrogen-bond acceptors (Lipinski definition) is 11. The van der Waals surface area contributed by atoms with Gasteiger partial charge in [-0.15, -0.1) is 0 Å². The van der Waals surface area contributed by atoms with Crippen molar-refractivity contribution in [2.45, 2.75) is 165 Å². The van der Waals surface area contributed by atoms with E-state index in [4.69, 9.17) is 38.5 Å². The van der Waals surface area contributed by atoms with Gasteiger partial charge in [-0.05, 0) is 124 Å². The molecule has 296 valence electrons. The van der Waals surface area contributed by atoms with E-state index in [9.17, 15) is 13.5 Å². The average molecular weight is 761 g/mol. The summed E-state index contributed by atoms with van der Waals surface area (Å²) in [5.74, 6) is -0.215. The lowest BCUT2D eigenvalue weighted by atomic mass is 9.56. The Morgan fingerprint density at radius 2 is 1.15 bits per heavy atom. The van der Waals surface area contributed by atoms with E-state index in [1.807, 2.05) is 13.8 Å². The molecule has 53 heavy (non-hydrogen) atoms. The lowest BCUT2D eigenvalue weighted by Crippen LogP contribution is -2.70. The minimum atomic E-state index is -3.71. The van der Waals surface area contributed by atoms with E-state index in [1.54, 1.807) is 24.3 Å². The number of rotatable bonds is 8. The van der Waals surface area contributed by atoms with Gasteiger partial charge in [-0.3, -0.25) is 0 Å². The molecule has 0 amide bonds. The summed E-state index contributed by atoms with van der Waals surface area (Å²) in [6, 6.07) is 6.59. The standard InChI is InChI=1S/C41H60O11S/c1-23-7-13-32-25(3)34(45-36-40(32)30(23)15-17-38(5,47-36)49-51-40)19-28(22-53(43,44)29-11-9-27(21-42)10-12-29)20-35-26(4)33-14-8-24(2)31-16-18-39(6)48-37(46-35)41(31,33)52-50-39/h9-12,23-26,28,30-37,42H,7-8,13-22H2,1-6H3/t23-,24-,25-,26-,28?,30+,31+,32+,33+,34-,35-,36-,37-,38?,39?,40?,41?/m1/s1. The number of hydrogen-bond donors (Lipinski definition) is 1. The third-order valence-corrected chi connectivity index (χ3v) is 17.5. The maximum atomic E-state index is 14.3. The highest BCUT2D eigenvalue weighted by Gasteiger charge is 2.71. The molecule has 1 aromatic rings. The van der Waals surface area contributed by atoms with Gasteiger partial charge in [0.05, 0.1) is 29.5 Å². The number of aliphatic hydroxyl groups excluding tert-OH is 1. The second-order valence-electron chi connectivity index (χ2n) is 18.8. The lowest BCUT2D eigenvalue weighted by molar-refractivity contribution is -0.571. The monoisotopic (exact) mass is 760 g/mol. The first-order chi connectivity index (χ1) is 25.2. The van der Waals surface area contributed by atoms with E-state index in [1.165, 1.54) is 0 Å². The smallest absolute Gasteiger partial charge is 0.201 e. The summed E-state index contributed by atoms with van der Waals surface area (Å²) < 4.78 is 56.0. The number of fused-ring (bicyclic) bond motifs is 4. The van der Waals surface area contributed by atoms with Gasteiger partial charge in [-0.2, -0.15) is 0 Å². The molecule has 2 saturated carbocycles. The molecule has 1 aromatic carbocycles. The Balaban J connectivity index is 1.03. The van der Waals surface area contributed by atoms with Gasteiger partial charge < -0.3 is 24.1 Å². The van der Waals surface area contributed by atoms with Crippen LogP contribution in [-0.4, -0.2) is 66.8 Å². The van der Waals surface area contributed by atoms with Crippen LogP contribution in [0.2, 0.25) is 0 Å². The summed E-state index contributed by atoms with van der Waals surface area (Å²) in [5, 5.41) is 9.62. The average Bonchev–Trinajstić information content (AvgIpc) is 3.50. The molecule has 2 aliphatic carbocycles. The number of sulfone groups is 1. The fourth-order valence-electron chi connectivity index (χ4n) is 12.6. The molecule has 11 rings (SSSR count). The van der Waals surface area contributed by atoms with Crippen molar-refractivity contribution in [1.29, 1.82) is 0 Å². The molecule has 1 N–H and O–H groups in total. The molecule has 10 fully saturated rings. The lowest BCUT2D eigenvalue weighted by Gasteiger charge is -2.61. The van der Waals surface area contributed by atoms with Crippen LogP contribution in [0.5, 0.6) is 0 Å². The Morgan fingerprint density at radius 3 is 1.60 bits per heavy atom. The highest BCUT2D eigenvalue weighted by molar-refractivity contribution is 7.91. The molecule has 0 radical (unpaired) electrons. The molecule has 8 heterocycles. The normalized spacial score (nSPS) is 50.8. The van der Waals surface area contributed by atoms with E-state index in [-0.39, 0.29) is 70.9 Å². The highest BCUT2D eigenvalue weighted by Crippen LogP contribution is 2.63. The Hall–Kier alpha value is -1.19. The van der Waals surface area contributed by atoms with E-state index < -0.39 is 45.2 Å². The predicted octanol–water partition coefficient (Wildman–Crippen LogP) is 6.85. The molecule has 10 aliphatic rings. The third kappa shape index (κ3) is 5.85. The van der Waals surface area contributed by atoms with Crippen molar-refractivity contribution >= 4 is 9.84 Å². The second-order valence-corrected chi connectivity index (χ2v) is 20.8. The molecule has 8 aliphatic heterocycles. The molecule has 2 spiro atoms. The topological polar surface area (TPSA) is 128 Å². The molecule has 16 atom stereocenters. The van der Waals surface area contributed by atoms with Gasteiger partial charge in [0.15, 0.2) is 33.6 Å². The number of ether oxygens (including phenoxy) is 4. The minimum Gasteiger partial charge on any atom is -0.392 e. The van der Waals surface area contributed by atoms with Crippen LogP contribution >= 0.6 is 0 Å². The molecule has 4 unspecified atom stereocenters. The van der Waals surface area contributed by atoms with Crippen LogP contribution < -0.4 is 0 Å². The Bertz CT molecular complexity index is 1560. The van der Waals surface area contributed by atoms with Crippen molar-refractivity contribution < 1.29 is 52.0 Å². The zero-order chi connectivity index (χ0) is 37.1. The van der Waals surface area contributed by atoms with E-state index in [0.717, 1.165) is 51.4 Å². The van der Waals surface area contributed by atoms with Gasteiger partial charge in [0.1, 0.15) is 0 Å². The molecule has 11 nitrogen and oxygen atoms in total. The first kappa shape index (κ1) is 37.4. The Morgan fingerprint density at radius 1 is 0.679 bits per heavy atom. The summed E-state index contributed by atoms with van der Waals surface area (Å²) in [4.78, 5) is 25.2. The Kier molecular flexibility index (Phi) is 9.30. The Labute approximate surface area is 314 Å². The van der Waals surface area contributed by atoms with Crippen LogP contribution in [0.15, 0.2) is 29.2 Å². The van der Waals surface area contributed by atoms with Crippen LogP contribution in [-0.2, 0) is 54.9 Å². The van der Waals surface area contributed by atoms with E-state index in [2.05, 4.69) is 27.7 Å². The van der Waals surface area contributed by atoms with Crippen molar-refractivity contribution in [3.8, 4) is 0 Å². The predicted molar refractivity (Wildman–Crippen MR) is 191 cm³/mol. The van der Waals surface area contributed by atoms with Crippen LogP contribution in [0.1, 0.15) is 111 Å². The molecule has 8 saturated heterocycles. The molecular weight excluding hydrogens is 701 g/mol. The van der Waals surface area contributed by atoms with E-state index >= 15 is 0 Å². The van der Waals surface area contributed by atoms with Gasteiger partial charge in [0, 0.05) is 24.7 Å². The summed E-state index contributed by atoms with van der Waals surface area (Å²) in [6.07, 6.45) is 6.92. The van der Waals surface area contributed by atoms with Gasteiger partial charge >= 0.3 is 0 Å². The zero-order valence-electron chi connectivity index (χ0n) is 32.2. The zero-order valence-corrected chi connectivity index (χ0v) is 33.1. The molecule has 12 heteroatoms. The summed E-state index contributed by atoms with van der Waals surface area (Å²) >= 11 is 0. The molecule has 4 bridgehead atoms.